The molecule has 0 unspecified atom stereocenters. The number of rotatable bonds is 6. The number of aromatic nitrogens is 1. The van der Waals surface area contributed by atoms with Gasteiger partial charge in [0.1, 0.15) is 11.6 Å². The van der Waals surface area contributed by atoms with Crippen LogP contribution in [0, 0.1) is 19.7 Å². The molecule has 2 N–H and O–H groups in total. The lowest BCUT2D eigenvalue weighted by Crippen LogP contribution is -2.30. The van der Waals surface area contributed by atoms with Crippen LogP contribution in [0.5, 0.6) is 5.75 Å². The highest BCUT2D eigenvalue weighted by Gasteiger charge is 2.16. The second-order valence-electron chi connectivity index (χ2n) is 6.68. The van der Waals surface area contributed by atoms with Gasteiger partial charge in [0.15, 0.2) is 6.10 Å². The van der Waals surface area contributed by atoms with Gasteiger partial charge in [0, 0.05) is 22.6 Å². The standard InChI is InChI=1S/C22H22FN3O3/c1-14-7-8-15(2)26(14)25-22(28)17-9-11-20(12-10-17)29-16(3)21(27)24-19-6-4-5-18(23)13-19/h4-13,16H,1-3H3,(H,24,27)(H,25,28)/t16-/m0/s1. The lowest BCUT2D eigenvalue weighted by atomic mass is 10.2. The number of benzene rings is 2. The second-order valence-corrected chi connectivity index (χ2v) is 6.68. The first kappa shape index (κ1) is 20.1. The topological polar surface area (TPSA) is 72.4 Å². The lowest BCUT2D eigenvalue weighted by Gasteiger charge is -2.15. The van der Waals surface area contributed by atoms with Crippen LogP contribution in [0.1, 0.15) is 28.7 Å². The summed E-state index contributed by atoms with van der Waals surface area (Å²) in [6, 6.07) is 16.0. The zero-order valence-corrected chi connectivity index (χ0v) is 16.4. The average Bonchev–Trinajstić information content (AvgIpc) is 3.00. The summed E-state index contributed by atoms with van der Waals surface area (Å²) < 4.78 is 20.5. The number of amides is 2. The number of nitrogens with one attached hydrogen (secondary N) is 2. The van der Waals surface area contributed by atoms with E-state index < -0.39 is 17.8 Å². The zero-order chi connectivity index (χ0) is 21.0. The van der Waals surface area contributed by atoms with Gasteiger partial charge in [0.25, 0.3) is 11.8 Å². The van der Waals surface area contributed by atoms with Crippen molar-refractivity contribution in [3.63, 3.8) is 0 Å². The molecule has 0 radical (unpaired) electrons. The smallest absolute Gasteiger partial charge is 0.270 e. The maximum Gasteiger partial charge on any atom is 0.270 e. The number of nitrogens with zero attached hydrogens (tertiary/aromatic N) is 1. The van der Waals surface area contributed by atoms with E-state index in [1.54, 1.807) is 41.9 Å². The van der Waals surface area contributed by atoms with Crippen molar-refractivity contribution in [2.45, 2.75) is 26.9 Å². The predicted octanol–water partition coefficient (Wildman–Crippen LogP) is 4.03. The first-order valence-corrected chi connectivity index (χ1v) is 9.13. The first-order chi connectivity index (χ1) is 13.8. The van der Waals surface area contributed by atoms with Crippen LogP contribution in [0.4, 0.5) is 10.1 Å². The van der Waals surface area contributed by atoms with Gasteiger partial charge in [-0.3, -0.25) is 19.7 Å². The molecule has 6 nitrogen and oxygen atoms in total. The molecule has 7 heteroatoms. The Morgan fingerprint density at radius 1 is 1.00 bits per heavy atom. The number of aryl methyl sites for hydroxylation is 2. The Bertz CT molecular complexity index is 1010. The van der Waals surface area contributed by atoms with Gasteiger partial charge in [-0.25, -0.2) is 4.39 Å². The molecule has 0 spiro atoms. The number of anilines is 1. The van der Waals surface area contributed by atoms with E-state index in [2.05, 4.69) is 10.7 Å². The molecule has 1 atom stereocenters. The third-order valence-corrected chi connectivity index (χ3v) is 4.38. The quantitative estimate of drug-likeness (QED) is 0.662. The summed E-state index contributed by atoms with van der Waals surface area (Å²) in [6.45, 7) is 5.40. The van der Waals surface area contributed by atoms with Gasteiger partial charge < -0.3 is 10.1 Å². The first-order valence-electron chi connectivity index (χ1n) is 9.13. The van der Waals surface area contributed by atoms with Crippen molar-refractivity contribution in [3.8, 4) is 5.75 Å². The summed E-state index contributed by atoms with van der Waals surface area (Å²) in [5, 5.41) is 2.60. The highest BCUT2D eigenvalue weighted by atomic mass is 19.1. The van der Waals surface area contributed by atoms with E-state index in [1.165, 1.54) is 18.2 Å². The minimum atomic E-state index is -0.803. The van der Waals surface area contributed by atoms with Gasteiger partial charge in [0.05, 0.1) is 0 Å². The molecule has 0 saturated heterocycles. The van der Waals surface area contributed by atoms with E-state index in [4.69, 9.17) is 4.74 Å². The Morgan fingerprint density at radius 3 is 2.28 bits per heavy atom. The molecule has 2 aromatic carbocycles. The minimum absolute atomic E-state index is 0.254. The molecule has 0 aliphatic carbocycles. The van der Waals surface area contributed by atoms with Crippen molar-refractivity contribution < 1.29 is 18.7 Å². The molecule has 0 fully saturated rings. The maximum absolute atomic E-state index is 13.2. The van der Waals surface area contributed by atoms with Gasteiger partial charge >= 0.3 is 0 Å². The van der Waals surface area contributed by atoms with E-state index in [1.807, 2.05) is 26.0 Å². The fraction of sp³-hybridized carbons (Fsp3) is 0.182. The van der Waals surface area contributed by atoms with Crippen molar-refractivity contribution >= 4 is 17.5 Å². The van der Waals surface area contributed by atoms with Crippen molar-refractivity contribution in [2.75, 3.05) is 10.7 Å². The van der Waals surface area contributed by atoms with E-state index in [0.29, 0.717) is 17.0 Å². The Kier molecular flexibility index (Phi) is 5.97. The number of hydrogen-bond acceptors (Lipinski definition) is 3. The molecule has 3 rings (SSSR count). The summed E-state index contributed by atoms with van der Waals surface area (Å²) in [5.74, 6) is -0.654. The Morgan fingerprint density at radius 2 is 1.66 bits per heavy atom. The molecule has 29 heavy (non-hydrogen) atoms. The molecule has 3 aromatic rings. The minimum Gasteiger partial charge on any atom is -0.481 e. The van der Waals surface area contributed by atoms with Gasteiger partial charge in [0.2, 0.25) is 0 Å². The monoisotopic (exact) mass is 395 g/mol. The van der Waals surface area contributed by atoms with Crippen LogP contribution in [0.3, 0.4) is 0 Å². The van der Waals surface area contributed by atoms with Crippen molar-refractivity contribution in [2.24, 2.45) is 0 Å². The number of ether oxygens (including phenoxy) is 1. The molecule has 1 heterocycles. The summed E-state index contributed by atoms with van der Waals surface area (Å²) in [7, 11) is 0. The number of carbonyl (C=O) groups excluding carboxylic acids is 2. The normalized spacial score (nSPS) is 11.6. The average molecular weight is 395 g/mol. The molecule has 0 aliphatic heterocycles. The van der Waals surface area contributed by atoms with E-state index >= 15 is 0 Å². The molecule has 0 saturated carbocycles. The third-order valence-electron chi connectivity index (χ3n) is 4.38. The van der Waals surface area contributed by atoms with Crippen LogP contribution in [-0.2, 0) is 4.79 Å². The predicted molar refractivity (Wildman–Crippen MR) is 109 cm³/mol. The summed E-state index contributed by atoms with van der Waals surface area (Å²) in [4.78, 5) is 24.6. The summed E-state index contributed by atoms with van der Waals surface area (Å²) in [6.07, 6.45) is -0.803. The van der Waals surface area contributed by atoms with Crippen LogP contribution < -0.4 is 15.5 Å². The highest BCUT2D eigenvalue weighted by molar-refractivity contribution is 6.00. The Hall–Kier alpha value is -3.61. The van der Waals surface area contributed by atoms with E-state index in [0.717, 1.165) is 11.4 Å². The number of halogens is 1. The molecular formula is C22H22FN3O3. The fourth-order valence-corrected chi connectivity index (χ4v) is 2.76. The van der Waals surface area contributed by atoms with Crippen molar-refractivity contribution in [3.05, 3.63) is 83.4 Å². The third kappa shape index (κ3) is 5.01. The van der Waals surface area contributed by atoms with Gasteiger partial charge in [-0.15, -0.1) is 0 Å². The second kappa shape index (κ2) is 8.60. The van der Waals surface area contributed by atoms with Gasteiger partial charge in [-0.05, 0) is 75.4 Å². The molecule has 0 bridgehead atoms. The van der Waals surface area contributed by atoms with E-state index in [-0.39, 0.29) is 5.91 Å². The van der Waals surface area contributed by atoms with Crippen LogP contribution in [0.25, 0.3) is 0 Å². The SMILES string of the molecule is Cc1ccc(C)n1NC(=O)c1ccc(O[C@@H](C)C(=O)Nc2cccc(F)c2)cc1. The number of hydrogen-bond donors (Lipinski definition) is 2. The van der Waals surface area contributed by atoms with Crippen LogP contribution in [-0.4, -0.2) is 22.6 Å². The number of carbonyl (C=O) groups is 2. The highest BCUT2D eigenvalue weighted by Crippen LogP contribution is 2.16. The van der Waals surface area contributed by atoms with Gasteiger partial charge in [-0.1, -0.05) is 6.07 Å². The lowest BCUT2D eigenvalue weighted by molar-refractivity contribution is -0.122. The molecule has 0 aliphatic rings. The fourth-order valence-electron chi connectivity index (χ4n) is 2.76. The molecule has 150 valence electrons. The van der Waals surface area contributed by atoms with Crippen LogP contribution in [0.2, 0.25) is 0 Å². The van der Waals surface area contributed by atoms with E-state index in [9.17, 15) is 14.0 Å². The largest absolute Gasteiger partial charge is 0.481 e. The molecular weight excluding hydrogens is 373 g/mol. The van der Waals surface area contributed by atoms with Crippen LogP contribution >= 0.6 is 0 Å². The van der Waals surface area contributed by atoms with Crippen molar-refractivity contribution in [1.82, 2.24) is 4.68 Å². The Labute approximate surface area is 168 Å². The molecule has 2 amide bonds. The van der Waals surface area contributed by atoms with Gasteiger partial charge in [-0.2, -0.15) is 0 Å². The maximum atomic E-state index is 13.2. The zero-order valence-electron chi connectivity index (χ0n) is 16.4. The van der Waals surface area contributed by atoms with Crippen LogP contribution in [0.15, 0.2) is 60.7 Å². The Balaban J connectivity index is 1.59. The summed E-state index contributed by atoms with van der Waals surface area (Å²) in [5.41, 5.74) is 5.49. The van der Waals surface area contributed by atoms with Crippen molar-refractivity contribution in [1.29, 1.82) is 0 Å². The molecule has 1 aromatic heterocycles. The summed E-state index contributed by atoms with van der Waals surface area (Å²) >= 11 is 0.